The van der Waals surface area contributed by atoms with Gasteiger partial charge in [0.15, 0.2) is 0 Å². The van der Waals surface area contributed by atoms with Crippen LogP contribution in [0.4, 0.5) is 0 Å². The van der Waals surface area contributed by atoms with Crippen LogP contribution >= 0.6 is 11.3 Å². The Bertz CT molecular complexity index is 573. The molecule has 0 aromatic carbocycles. The van der Waals surface area contributed by atoms with E-state index in [0.717, 1.165) is 43.4 Å². The predicted molar refractivity (Wildman–Crippen MR) is 77.7 cm³/mol. The van der Waals surface area contributed by atoms with Crippen LogP contribution in [-0.2, 0) is 10.0 Å². The first kappa shape index (κ1) is 15.5. The maximum absolute atomic E-state index is 12.6. The van der Waals surface area contributed by atoms with Crippen LogP contribution in [-0.4, -0.2) is 36.4 Å². The van der Waals surface area contributed by atoms with Crippen LogP contribution in [0.25, 0.3) is 0 Å². The zero-order valence-corrected chi connectivity index (χ0v) is 13.0. The van der Waals surface area contributed by atoms with Gasteiger partial charge in [-0.05, 0) is 18.9 Å². The first-order valence-electron chi connectivity index (χ1n) is 6.80. The quantitative estimate of drug-likeness (QED) is 0.906. The summed E-state index contributed by atoms with van der Waals surface area (Å²) in [4.78, 5) is 11.0. The molecule has 2 rings (SSSR count). The highest BCUT2D eigenvalue weighted by Crippen LogP contribution is 2.29. The van der Waals surface area contributed by atoms with E-state index in [0.29, 0.717) is 6.54 Å². The van der Waals surface area contributed by atoms with Gasteiger partial charge in [0.1, 0.15) is 4.88 Å². The van der Waals surface area contributed by atoms with Crippen molar-refractivity contribution < 1.29 is 18.3 Å². The molecule has 1 aromatic rings. The fourth-order valence-electron chi connectivity index (χ4n) is 2.70. The molecule has 1 aliphatic rings. The highest BCUT2D eigenvalue weighted by atomic mass is 32.2. The standard InChI is InChI=1S/C13H19NO4S2/c1-2-14(10-6-4-3-5-7-10)20(17,18)11-8-12(13(15)16)19-9-11/h8-10H,2-7H2,1H3,(H,15,16). The number of aromatic carboxylic acids is 1. The van der Waals surface area contributed by atoms with Crippen molar-refractivity contribution in [3.63, 3.8) is 0 Å². The number of hydrogen-bond donors (Lipinski definition) is 1. The van der Waals surface area contributed by atoms with E-state index in [1.54, 1.807) is 0 Å². The summed E-state index contributed by atoms with van der Waals surface area (Å²) in [6.45, 7) is 2.25. The van der Waals surface area contributed by atoms with Crippen molar-refractivity contribution in [2.45, 2.75) is 50.0 Å². The number of carboxylic acids is 1. The summed E-state index contributed by atoms with van der Waals surface area (Å²) in [6.07, 6.45) is 5.06. The Morgan fingerprint density at radius 3 is 2.55 bits per heavy atom. The molecular formula is C13H19NO4S2. The SMILES string of the molecule is CCN(C1CCCCC1)S(=O)(=O)c1csc(C(=O)O)c1. The maximum atomic E-state index is 12.6. The molecule has 1 heterocycles. The van der Waals surface area contributed by atoms with Crippen molar-refractivity contribution in [3.05, 3.63) is 16.3 Å². The van der Waals surface area contributed by atoms with E-state index < -0.39 is 16.0 Å². The Morgan fingerprint density at radius 2 is 2.05 bits per heavy atom. The highest BCUT2D eigenvalue weighted by molar-refractivity contribution is 7.89. The second-order valence-corrected chi connectivity index (χ2v) is 7.75. The fourth-order valence-corrected chi connectivity index (χ4v) is 5.49. The number of nitrogens with zero attached hydrogens (tertiary/aromatic N) is 1. The number of carbonyl (C=O) groups is 1. The zero-order valence-electron chi connectivity index (χ0n) is 11.4. The molecule has 20 heavy (non-hydrogen) atoms. The first-order chi connectivity index (χ1) is 9.46. The summed E-state index contributed by atoms with van der Waals surface area (Å²) in [5.41, 5.74) is 0. The molecule has 1 N–H and O–H groups in total. The third-order valence-electron chi connectivity index (χ3n) is 3.69. The van der Waals surface area contributed by atoms with E-state index >= 15 is 0 Å². The van der Waals surface area contributed by atoms with Crippen molar-refractivity contribution in [3.8, 4) is 0 Å². The number of carboxylic acid groups (broad SMARTS) is 1. The Morgan fingerprint density at radius 1 is 1.40 bits per heavy atom. The third-order valence-corrected chi connectivity index (χ3v) is 6.76. The van der Waals surface area contributed by atoms with Crippen molar-refractivity contribution in [1.82, 2.24) is 4.31 Å². The summed E-state index contributed by atoms with van der Waals surface area (Å²) in [5.74, 6) is -1.09. The number of thiophene rings is 1. The van der Waals surface area contributed by atoms with E-state index in [1.807, 2.05) is 6.92 Å². The van der Waals surface area contributed by atoms with E-state index in [2.05, 4.69) is 0 Å². The van der Waals surface area contributed by atoms with Crippen LogP contribution in [0.2, 0.25) is 0 Å². The molecule has 1 fully saturated rings. The van der Waals surface area contributed by atoms with Crippen molar-refractivity contribution >= 4 is 27.3 Å². The van der Waals surface area contributed by atoms with Crippen LogP contribution in [0.5, 0.6) is 0 Å². The normalized spacial score (nSPS) is 17.5. The lowest BCUT2D eigenvalue weighted by molar-refractivity contribution is 0.0702. The molecule has 0 bridgehead atoms. The largest absolute Gasteiger partial charge is 0.477 e. The van der Waals surface area contributed by atoms with Gasteiger partial charge < -0.3 is 5.11 Å². The maximum Gasteiger partial charge on any atom is 0.345 e. The summed E-state index contributed by atoms with van der Waals surface area (Å²) in [6, 6.07) is 1.31. The monoisotopic (exact) mass is 317 g/mol. The number of rotatable bonds is 5. The van der Waals surface area contributed by atoms with E-state index in [4.69, 9.17) is 5.11 Å². The summed E-state index contributed by atoms with van der Waals surface area (Å²) in [7, 11) is -3.58. The van der Waals surface area contributed by atoms with Crippen LogP contribution in [0, 0.1) is 0 Å². The second kappa shape index (κ2) is 6.24. The fraction of sp³-hybridized carbons (Fsp3) is 0.615. The van der Waals surface area contributed by atoms with Gasteiger partial charge in [0.25, 0.3) is 0 Å². The van der Waals surface area contributed by atoms with E-state index in [9.17, 15) is 13.2 Å². The smallest absolute Gasteiger partial charge is 0.345 e. The minimum atomic E-state index is -3.58. The van der Waals surface area contributed by atoms with Crippen molar-refractivity contribution in [2.75, 3.05) is 6.54 Å². The summed E-state index contributed by atoms with van der Waals surface area (Å²) in [5, 5.41) is 10.3. The minimum Gasteiger partial charge on any atom is -0.477 e. The average Bonchev–Trinajstić information content (AvgIpc) is 2.91. The van der Waals surface area contributed by atoms with Gasteiger partial charge >= 0.3 is 5.97 Å². The first-order valence-corrected chi connectivity index (χ1v) is 9.12. The van der Waals surface area contributed by atoms with Crippen molar-refractivity contribution in [1.29, 1.82) is 0 Å². The lowest BCUT2D eigenvalue weighted by Crippen LogP contribution is -2.41. The van der Waals surface area contributed by atoms with Gasteiger partial charge in [-0.25, -0.2) is 13.2 Å². The van der Waals surface area contributed by atoms with E-state index in [-0.39, 0.29) is 15.8 Å². The molecule has 0 radical (unpaired) electrons. The molecule has 112 valence electrons. The second-order valence-electron chi connectivity index (χ2n) is 4.95. The molecule has 0 amide bonds. The van der Waals surface area contributed by atoms with E-state index in [1.165, 1.54) is 15.8 Å². The summed E-state index contributed by atoms with van der Waals surface area (Å²) >= 11 is 0.954. The molecule has 7 heteroatoms. The highest BCUT2D eigenvalue weighted by Gasteiger charge is 2.32. The van der Waals surface area contributed by atoms with Gasteiger partial charge in [-0.1, -0.05) is 26.2 Å². The third kappa shape index (κ3) is 3.05. The average molecular weight is 317 g/mol. The molecule has 0 aliphatic heterocycles. The Balaban J connectivity index is 2.28. The Kier molecular flexibility index (Phi) is 4.82. The summed E-state index contributed by atoms with van der Waals surface area (Å²) < 4.78 is 26.8. The van der Waals surface area contributed by atoms with Gasteiger partial charge in [0, 0.05) is 18.0 Å². The minimum absolute atomic E-state index is 0.0481. The van der Waals surface area contributed by atoms with Gasteiger partial charge in [0.05, 0.1) is 4.90 Å². The van der Waals surface area contributed by atoms with Gasteiger partial charge in [0.2, 0.25) is 10.0 Å². The van der Waals surface area contributed by atoms with Gasteiger partial charge in [-0.15, -0.1) is 11.3 Å². The zero-order chi connectivity index (χ0) is 14.8. The Hall–Kier alpha value is -0.920. The molecule has 1 aromatic heterocycles. The Labute approximate surface area is 123 Å². The molecule has 1 aliphatic carbocycles. The number of hydrogen-bond acceptors (Lipinski definition) is 4. The topological polar surface area (TPSA) is 74.7 Å². The van der Waals surface area contributed by atoms with Crippen LogP contribution in [0.3, 0.4) is 0 Å². The van der Waals surface area contributed by atoms with Crippen molar-refractivity contribution in [2.24, 2.45) is 0 Å². The molecule has 0 unspecified atom stereocenters. The molecule has 5 nitrogen and oxygen atoms in total. The lowest BCUT2D eigenvalue weighted by atomic mass is 9.95. The molecular weight excluding hydrogens is 298 g/mol. The van der Waals surface area contributed by atoms with Gasteiger partial charge in [-0.3, -0.25) is 0 Å². The predicted octanol–water partition coefficient (Wildman–Crippen LogP) is 2.79. The molecule has 0 saturated heterocycles. The van der Waals surface area contributed by atoms with Crippen LogP contribution in [0.1, 0.15) is 48.7 Å². The lowest BCUT2D eigenvalue weighted by Gasteiger charge is -2.32. The van der Waals surface area contributed by atoms with Crippen LogP contribution < -0.4 is 0 Å². The molecule has 0 spiro atoms. The number of sulfonamides is 1. The molecule has 1 saturated carbocycles. The molecule has 0 atom stereocenters. The van der Waals surface area contributed by atoms with Crippen LogP contribution in [0.15, 0.2) is 16.3 Å². The van der Waals surface area contributed by atoms with Gasteiger partial charge in [-0.2, -0.15) is 4.31 Å².